The molecule has 87 valence electrons. The maximum absolute atomic E-state index is 11.4. The Bertz CT molecular complexity index is 298. The number of carbonyl (C=O) groups is 1. The van der Waals surface area contributed by atoms with Crippen LogP contribution in [-0.4, -0.2) is 19.1 Å². The standard InChI is InChI=1S/C13H18NO2/c1-2-3-7-10-16-11-13(15)14-12-8-5-4-6-9-12/h4-6,8H,2-3,7,10-11H2,1H3,(H,14,15). The molecule has 0 heterocycles. The fraction of sp³-hybridized carbons (Fsp3) is 0.462. The normalized spacial score (nSPS) is 10.1. The maximum atomic E-state index is 11.4. The molecule has 0 bridgehead atoms. The molecular formula is C13H18NO2. The van der Waals surface area contributed by atoms with Crippen LogP contribution >= 0.6 is 0 Å². The first-order chi connectivity index (χ1) is 7.83. The van der Waals surface area contributed by atoms with Crippen molar-refractivity contribution >= 4 is 11.6 Å². The monoisotopic (exact) mass is 220 g/mol. The zero-order chi connectivity index (χ0) is 11.6. The van der Waals surface area contributed by atoms with Crippen molar-refractivity contribution in [2.45, 2.75) is 26.2 Å². The van der Waals surface area contributed by atoms with Crippen LogP contribution in [0.3, 0.4) is 0 Å². The van der Waals surface area contributed by atoms with E-state index in [1.54, 1.807) is 12.1 Å². The first-order valence-corrected chi connectivity index (χ1v) is 5.67. The molecule has 16 heavy (non-hydrogen) atoms. The van der Waals surface area contributed by atoms with Gasteiger partial charge in [0, 0.05) is 18.4 Å². The molecule has 3 heteroatoms. The van der Waals surface area contributed by atoms with Crippen molar-refractivity contribution in [1.82, 2.24) is 0 Å². The first kappa shape index (κ1) is 12.7. The van der Waals surface area contributed by atoms with E-state index in [-0.39, 0.29) is 12.5 Å². The van der Waals surface area contributed by atoms with E-state index < -0.39 is 0 Å². The fourth-order valence-corrected chi connectivity index (χ4v) is 1.28. The highest BCUT2D eigenvalue weighted by atomic mass is 16.5. The lowest BCUT2D eigenvalue weighted by Gasteiger charge is -2.05. The Hall–Kier alpha value is -1.35. The predicted octanol–water partition coefficient (Wildman–Crippen LogP) is 2.63. The van der Waals surface area contributed by atoms with Gasteiger partial charge in [0.2, 0.25) is 5.91 Å². The molecule has 1 amide bonds. The van der Waals surface area contributed by atoms with Crippen molar-refractivity contribution in [3.8, 4) is 0 Å². The summed E-state index contributed by atoms with van der Waals surface area (Å²) in [5.74, 6) is -0.126. The van der Waals surface area contributed by atoms with Crippen LogP contribution in [0.1, 0.15) is 26.2 Å². The third-order valence-corrected chi connectivity index (χ3v) is 2.11. The van der Waals surface area contributed by atoms with Gasteiger partial charge in [-0.05, 0) is 12.5 Å². The lowest BCUT2D eigenvalue weighted by atomic mass is 10.3. The smallest absolute Gasteiger partial charge is 0.250 e. The van der Waals surface area contributed by atoms with Gasteiger partial charge < -0.3 is 10.1 Å². The average molecular weight is 220 g/mol. The van der Waals surface area contributed by atoms with Gasteiger partial charge in [-0.15, -0.1) is 0 Å². The molecule has 0 aromatic heterocycles. The predicted molar refractivity (Wildman–Crippen MR) is 64.3 cm³/mol. The average Bonchev–Trinajstić information content (AvgIpc) is 2.30. The largest absolute Gasteiger partial charge is 0.372 e. The Morgan fingerprint density at radius 3 is 3.00 bits per heavy atom. The van der Waals surface area contributed by atoms with E-state index in [4.69, 9.17) is 4.74 Å². The van der Waals surface area contributed by atoms with Crippen LogP contribution < -0.4 is 5.32 Å². The van der Waals surface area contributed by atoms with Gasteiger partial charge in [0.05, 0.1) is 0 Å². The van der Waals surface area contributed by atoms with Crippen molar-refractivity contribution in [2.75, 3.05) is 18.5 Å². The van der Waals surface area contributed by atoms with Gasteiger partial charge in [-0.25, -0.2) is 0 Å². The SMILES string of the molecule is CCCCCOCC(=O)Nc1[c]cccc1. The minimum Gasteiger partial charge on any atom is -0.372 e. The van der Waals surface area contributed by atoms with Gasteiger partial charge in [-0.2, -0.15) is 0 Å². The second-order valence-electron chi connectivity index (χ2n) is 3.58. The number of anilines is 1. The number of amides is 1. The van der Waals surface area contributed by atoms with Crippen molar-refractivity contribution < 1.29 is 9.53 Å². The van der Waals surface area contributed by atoms with E-state index in [1.165, 1.54) is 0 Å². The van der Waals surface area contributed by atoms with Crippen LogP contribution in [0.5, 0.6) is 0 Å². The Kier molecular flexibility index (Phi) is 6.26. The lowest BCUT2D eigenvalue weighted by Crippen LogP contribution is -2.18. The summed E-state index contributed by atoms with van der Waals surface area (Å²) < 4.78 is 5.24. The molecule has 0 spiro atoms. The number of hydrogen-bond donors (Lipinski definition) is 1. The highest BCUT2D eigenvalue weighted by molar-refractivity contribution is 5.91. The van der Waals surface area contributed by atoms with Crippen LogP contribution in [0, 0.1) is 6.07 Å². The summed E-state index contributed by atoms with van der Waals surface area (Å²) in [6, 6.07) is 10.2. The summed E-state index contributed by atoms with van der Waals surface area (Å²) in [6.45, 7) is 2.91. The quantitative estimate of drug-likeness (QED) is 0.717. The van der Waals surface area contributed by atoms with Crippen LogP contribution in [-0.2, 0) is 9.53 Å². The van der Waals surface area contributed by atoms with Crippen LogP contribution in [0.25, 0.3) is 0 Å². The first-order valence-electron chi connectivity index (χ1n) is 5.67. The molecule has 0 aliphatic heterocycles. The molecule has 1 N–H and O–H groups in total. The van der Waals surface area contributed by atoms with E-state index in [0.717, 1.165) is 19.3 Å². The third-order valence-electron chi connectivity index (χ3n) is 2.11. The Labute approximate surface area is 96.8 Å². The van der Waals surface area contributed by atoms with E-state index in [9.17, 15) is 4.79 Å². The van der Waals surface area contributed by atoms with Gasteiger partial charge in [0.1, 0.15) is 6.61 Å². The summed E-state index contributed by atoms with van der Waals surface area (Å²) in [5.41, 5.74) is 0.685. The molecule has 1 aromatic carbocycles. The van der Waals surface area contributed by atoms with Crippen molar-refractivity contribution in [3.05, 3.63) is 30.3 Å². The Balaban J connectivity index is 2.12. The number of benzene rings is 1. The van der Waals surface area contributed by atoms with Gasteiger partial charge in [-0.1, -0.05) is 38.0 Å². The zero-order valence-electron chi connectivity index (χ0n) is 9.66. The second-order valence-corrected chi connectivity index (χ2v) is 3.58. The molecule has 1 aromatic rings. The number of nitrogens with one attached hydrogen (secondary N) is 1. The van der Waals surface area contributed by atoms with Gasteiger partial charge in [0.15, 0.2) is 0 Å². The highest BCUT2D eigenvalue weighted by Gasteiger charge is 2.01. The van der Waals surface area contributed by atoms with E-state index in [0.29, 0.717) is 12.3 Å². The van der Waals surface area contributed by atoms with Crippen molar-refractivity contribution in [3.63, 3.8) is 0 Å². The summed E-state index contributed by atoms with van der Waals surface area (Å²) in [6.07, 6.45) is 3.32. The number of rotatable bonds is 7. The molecule has 0 saturated heterocycles. The maximum Gasteiger partial charge on any atom is 0.250 e. The van der Waals surface area contributed by atoms with Crippen LogP contribution in [0.2, 0.25) is 0 Å². The van der Waals surface area contributed by atoms with Gasteiger partial charge in [-0.3, -0.25) is 4.79 Å². The molecule has 1 rings (SSSR count). The minimum absolute atomic E-state index is 0.118. The molecule has 0 saturated carbocycles. The topological polar surface area (TPSA) is 38.3 Å². The Morgan fingerprint density at radius 2 is 2.31 bits per heavy atom. The second kappa shape index (κ2) is 7.88. The van der Waals surface area contributed by atoms with Crippen molar-refractivity contribution in [1.29, 1.82) is 0 Å². The van der Waals surface area contributed by atoms with Gasteiger partial charge in [0.25, 0.3) is 0 Å². The third kappa shape index (κ3) is 5.51. The highest BCUT2D eigenvalue weighted by Crippen LogP contribution is 2.03. The zero-order valence-corrected chi connectivity index (χ0v) is 9.66. The number of para-hydroxylation sites is 1. The molecular weight excluding hydrogens is 202 g/mol. The number of ether oxygens (including phenoxy) is 1. The summed E-state index contributed by atoms with van der Waals surface area (Å²) >= 11 is 0. The fourth-order valence-electron chi connectivity index (χ4n) is 1.28. The van der Waals surface area contributed by atoms with Crippen LogP contribution in [0.4, 0.5) is 5.69 Å². The van der Waals surface area contributed by atoms with E-state index >= 15 is 0 Å². The van der Waals surface area contributed by atoms with Gasteiger partial charge >= 0.3 is 0 Å². The summed E-state index contributed by atoms with van der Waals surface area (Å²) in [5, 5.41) is 2.71. The lowest BCUT2D eigenvalue weighted by molar-refractivity contribution is -0.120. The molecule has 0 fully saturated rings. The number of unbranched alkanes of at least 4 members (excludes halogenated alkanes) is 2. The number of hydrogen-bond acceptors (Lipinski definition) is 2. The molecule has 0 aliphatic rings. The van der Waals surface area contributed by atoms with E-state index in [2.05, 4.69) is 18.3 Å². The minimum atomic E-state index is -0.126. The molecule has 1 radical (unpaired) electrons. The molecule has 0 unspecified atom stereocenters. The van der Waals surface area contributed by atoms with Crippen LogP contribution in [0.15, 0.2) is 24.3 Å². The van der Waals surface area contributed by atoms with E-state index in [1.807, 2.05) is 12.1 Å². The number of carbonyl (C=O) groups excluding carboxylic acids is 1. The molecule has 3 nitrogen and oxygen atoms in total. The molecule has 0 aliphatic carbocycles. The van der Waals surface area contributed by atoms with Crippen molar-refractivity contribution in [2.24, 2.45) is 0 Å². The Morgan fingerprint density at radius 1 is 1.44 bits per heavy atom. The molecule has 0 atom stereocenters. The summed E-state index contributed by atoms with van der Waals surface area (Å²) in [4.78, 5) is 11.4. The summed E-state index contributed by atoms with van der Waals surface area (Å²) in [7, 11) is 0.